The van der Waals surface area contributed by atoms with Crippen LogP contribution in [0, 0.1) is 11.7 Å². The highest BCUT2D eigenvalue weighted by Crippen LogP contribution is 2.19. The maximum atomic E-state index is 13.3. The van der Waals surface area contributed by atoms with Crippen molar-refractivity contribution in [2.24, 2.45) is 11.7 Å². The van der Waals surface area contributed by atoms with Crippen LogP contribution < -0.4 is 11.1 Å². The third-order valence-corrected chi connectivity index (χ3v) is 2.51. The number of halogens is 1. The largest absolute Gasteiger partial charge is 0.478 e. The van der Waals surface area contributed by atoms with Gasteiger partial charge in [-0.1, -0.05) is 19.9 Å². The monoisotopic (exact) mass is 254 g/mol. The van der Waals surface area contributed by atoms with Crippen LogP contribution in [0.25, 0.3) is 0 Å². The molecule has 0 aromatic heterocycles. The first-order valence-electron chi connectivity index (χ1n) is 5.42. The van der Waals surface area contributed by atoms with Crippen molar-refractivity contribution in [1.82, 2.24) is 0 Å². The molecule has 1 aromatic carbocycles. The van der Waals surface area contributed by atoms with Crippen molar-refractivity contribution in [2.75, 3.05) is 5.32 Å². The van der Waals surface area contributed by atoms with Crippen LogP contribution in [0.4, 0.5) is 10.1 Å². The van der Waals surface area contributed by atoms with Crippen LogP contribution in [-0.4, -0.2) is 23.0 Å². The molecule has 98 valence electrons. The second kappa shape index (κ2) is 5.59. The van der Waals surface area contributed by atoms with Crippen LogP contribution in [0.15, 0.2) is 18.2 Å². The van der Waals surface area contributed by atoms with Gasteiger partial charge in [-0.2, -0.15) is 0 Å². The number of amides is 1. The molecule has 0 unspecified atom stereocenters. The Morgan fingerprint density at radius 2 is 2.00 bits per heavy atom. The van der Waals surface area contributed by atoms with Crippen molar-refractivity contribution in [3.63, 3.8) is 0 Å². The van der Waals surface area contributed by atoms with Gasteiger partial charge in [0.1, 0.15) is 11.4 Å². The van der Waals surface area contributed by atoms with Gasteiger partial charge in [-0.15, -0.1) is 0 Å². The lowest BCUT2D eigenvalue weighted by Gasteiger charge is -2.16. The normalized spacial score (nSPS) is 12.3. The summed E-state index contributed by atoms with van der Waals surface area (Å²) in [5.74, 6) is -3.00. The van der Waals surface area contributed by atoms with E-state index in [-0.39, 0.29) is 11.6 Å². The van der Waals surface area contributed by atoms with E-state index in [0.29, 0.717) is 0 Å². The number of hydrogen-bond acceptors (Lipinski definition) is 3. The van der Waals surface area contributed by atoms with Crippen molar-refractivity contribution in [3.05, 3.63) is 29.6 Å². The number of benzene rings is 1. The third-order valence-electron chi connectivity index (χ3n) is 2.51. The Morgan fingerprint density at radius 3 is 2.50 bits per heavy atom. The number of rotatable bonds is 4. The molecule has 1 amide bonds. The molecule has 1 aromatic rings. The Labute approximate surface area is 104 Å². The van der Waals surface area contributed by atoms with Crippen LogP contribution in [0.5, 0.6) is 0 Å². The zero-order valence-electron chi connectivity index (χ0n) is 10.1. The second-order valence-corrected chi connectivity index (χ2v) is 4.23. The number of aromatic carboxylic acids is 1. The molecule has 0 radical (unpaired) electrons. The smallest absolute Gasteiger partial charge is 0.340 e. The van der Waals surface area contributed by atoms with Crippen molar-refractivity contribution in [2.45, 2.75) is 19.9 Å². The van der Waals surface area contributed by atoms with Gasteiger partial charge >= 0.3 is 5.97 Å². The molecule has 1 atom stereocenters. The van der Waals surface area contributed by atoms with Gasteiger partial charge < -0.3 is 16.2 Å². The van der Waals surface area contributed by atoms with E-state index in [2.05, 4.69) is 5.32 Å². The summed E-state index contributed by atoms with van der Waals surface area (Å²) in [6, 6.07) is 2.87. The summed E-state index contributed by atoms with van der Waals surface area (Å²) >= 11 is 0. The van der Waals surface area contributed by atoms with Gasteiger partial charge in [-0.05, 0) is 18.1 Å². The SMILES string of the molecule is CC(C)[C@H](N)C(=O)Nc1cccc(F)c1C(=O)O. The molecule has 1 rings (SSSR count). The average Bonchev–Trinajstić information content (AvgIpc) is 2.27. The molecule has 0 aliphatic heterocycles. The van der Waals surface area contributed by atoms with Crippen LogP contribution >= 0.6 is 0 Å². The molecular formula is C12H15FN2O3. The average molecular weight is 254 g/mol. The van der Waals surface area contributed by atoms with Gasteiger partial charge in [0.25, 0.3) is 0 Å². The Bertz CT molecular complexity index is 474. The number of carbonyl (C=O) groups is 2. The van der Waals surface area contributed by atoms with Crippen LogP contribution in [0.1, 0.15) is 24.2 Å². The number of hydrogen-bond donors (Lipinski definition) is 3. The lowest BCUT2D eigenvalue weighted by molar-refractivity contribution is -0.118. The fourth-order valence-corrected chi connectivity index (χ4v) is 1.36. The molecule has 6 heteroatoms. The van der Waals surface area contributed by atoms with Crippen molar-refractivity contribution >= 4 is 17.6 Å². The molecule has 5 nitrogen and oxygen atoms in total. The van der Waals surface area contributed by atoms with Crippen LogP contribution in [0.2, 0.25) is 0 Å². The Kier molecular flexibility index (Phi) is 4.38. The van der Waals surface area contributed by atoms with Crippen LogP contribution in [-0.2, 0) is 4.79 Å². The number of nitrogens with two attached hydrogens (primary N) is 1. The molecule has 0 heterocycles. The summed E-state index contributed by atoms with van der Waals surface area (Å²) in [7, 11) is 0. The summed E-state index contributed by atoms with van der Waals surface area (Å²) in [5.41, 5.74) is 4.96. The summed E-state index contributed by atoms with van der Waals surface area (Å²) in [5, 5.41) is 11.2. The van der Waals surface area contributed by atoms with Gasteiger partial charge in [0.2, 0.25) is 5.91 Å². The lowest BCUT2D eigenvalue weighted by atomic mass is 10.0. The Morgan fingerprint density at radius 1 is 1.39 bits per heavy atom. The Balaban J connectivity index is 3.02. The van der Waals surface area contributed by atoms with Crippen molar-refractivity contribution in [1.29, 1.82) is 0 Å². The summed E-state index contributed by atoms with van der Waals surface area (Å²) in [4.78, 5) is 22.6. The first-order chi connectivity index (χ1) is 8.34. The maximum absolute atomic E-state index is 13.3. The van der Waals surface area contributed by atoms with Gasteiger partial charge in [-0.3, -0.25) is 4.79 Å². The number of anilines is 1. The predicted molar refractivity (Wildman–Crippen MR) is 64.8 cm³/mol. The molecular weight excluding hydrogens is 239 g/mol. The highest BCUT2D eigenvalue weighted by atomic mass is 19.1. The lowest BCUT2D eigenvalue weighted by Crippen LogP contribution is -2.40. The van der Waals surface area contributed by atoms with E-state index in [1.165, 1.54) is 12.1 Å². The minimum absolute atomic E-state index is 0.0939. The van der Waals surface area contributed by atoms with E-state index in [4.69, 9.17) is 10.8 Å². The fourth-order valence-electron chi connectivity index (χ4n) is 1.36. The highest BCUT2D eigenvalue weighted by molar-refractivity contribution is 6.02. The molecule has 4 N–H and O–H groups in total. The molecule has 0 fully saturated rings. The minimum Gasteiger partial charge on any atom is -0.478 e. The van der Waals surface area contributed by atoms with Gasteiger partial charge in [0.15, 0.2) is 0 Å². The molecule has 0 aliphatic rings. The van der Waals surface area contributed by atoms with Crippen molar-refractivity contribution < 1.29 is 19.1 Å². The number of carbonyl (C=O) groups excluding carboxylic acids is 1. The highest BCUT2D eigenvalue weighted by Gasteiger charge is 2.21. The zero-order valence-corrected chi connectivity index (χ0v) is 10.1. The number of nitrogens with one attached hydrogen (secondary N) is 1. The van der Waals surface area contributed by atoms with Gasteiger partial charge in [-0.25, -0.2) is 9.18 Å². The molecule has 0 aliphatic carbocycles. The molecule has 0 bridgehead atoms. The second-order valence-electron chi connectivity index (χ2n) is 4.23. The summed E-state index contributed by atoms with van der Waals surface area (Å²) in [6.07, 6.45) is 0. The first-order valence-corrected chi connectivity index (χ1v) is 5.42. The van der Waals surface area contributed by atoms with Crippen molar-refractivity contribution in [3.8, 4) is 0 Å². The topological polar surface area (TPSA) is 92.4 Å². The minimum atomic E-state index is -1.44. The quantitative estimate of drug-likeness (QED) is 0.758. The molecule has 0 saturated carbocycles. The number of carboxylic acid groups (broad SMARTS) is 1. The van der Waals surface area contributed by atoms with E-state index >= 15 is 0 Å². The summed E-state index contributed by atoms with van der Waals surface area (Å²) < 4.78 is 13.3. The van der Waals surface area contributed by atoms with E-state index in [1.54, 1.807) is 13.8 Å². The van der Waals surface area contributed by atoms with E-state index in [1.807, 2.05) is 0 Å². The van der Waals surface area contributed by atoms with E-state index in [0.717, 1.165) is 6.07 Å². The Hall–Kier alpha value is -1.95. The predicted octanol–water partition coefficient (Wildman–Crippen LogP) is 1.45. The number of carboxylic acids is 1. The maximum Gasteiger partial charge on any atom is 0.340 e. The summed E-state index contributed by atoms with van der Waals surface area (Å²) in [6.45, 7) is 3.52. The standard InChI is InChI=1S/C12H15FN2O3/c1-6(2)10(14)11(16)15-8-5-3-4-7(13)9(8)12(17)18/h3-6,10H,14H2,1-2H3,(H,15,16)(H,17,18)/t10-/m0/s1. The molecule has 0 spiro atoms. The van der Waals surface area contributed by atoms with Gasteiger partial charge in [0.05, 0.1) is 11.7 Å². The molecule has 0 saturated heterocycles. The molecule has 18 heavy (non-hydrogen) atoms. The van der Waals surface area contributed by atoms with Gasteiger partial charge in [0, 0.05) is 0 Å². The van der Waals surface area contributed by atoms with Crippen LogP contribution in [0.3, 0.4) is 0 Å². The zero-order chi connectivity index (χ0) is 13.9. The fraction of sp³-hybridized carbons (Fsp3) is 0.333. The third kappa shape index (κ3) is 3.04. The first kappa shape index (κ1) is 14.1. The van der Waals surface area contributed by atoms with E-state index in [9.17, 15) is 14.0 Å². The van der Waals surface area contributed by atoms with E-state index < -0.39 is 29.3 Å².